The first-order valence-electron chi connectivity index (χ1n) is 32.0. The molecular weight excluding hydrogens is 863 g/mol. The fourth-order valence-electron chi connectivity index (χ4n) is 10.2. The van der Waals surface area contributed by atoms with E-state index in [1.165, 1.54) is 295 Å². The number of aliphatic hydroxyl groups is 2. The van der Waals surface area contributed by atoms with E-state index in [1.54, 1.807) is 6.08 Å². The lowest BCUT2D eigenvalue weighted by molar-refractivity contribution is -0.143. The van der Waals surface area contributed by atoms with E-state index in [4.69, 9.17) is 4.74 Å². The van der Waals surface area contributed by atoms with Gasteiger partial charge in [-0.05, 0) is 32.1 Å². The van der Waals surface area contributed by atoms with Crippen LogP contribution in [0, 0.1) is 0 Å². The van der Waals surface area contributed by atoms with Gasteiger partial charge in [-0.25, -0.2) is 0 Å². The molecule has 416 valence electrons. The number of esters is 1. The normalized spacial score (nSPS) is 12.6. The van der Waals surface area contributed by atoms with Gasteiger partial charge >= 0.3 is 5.97 Å². The van der Waals surface area contributed by atoms with Gasteiger partial charge in [0.25, 0.3) is 0 Å². The summed E-state index contributed by atoms with van der Waals surface area (Å²) in [7, 11) is 0. The maximum atomic E-state index is 12.4. The van der Waals surface area contributed by atoms with Crippen molar-refractivity contribution in [2.75, 3.05) is 13.2 Å². The molecular formula is C64H125NO5. The topological polar surface area (TPSA) is 95.9 Å². The van der Waals surface area contributed by atoms with E-state index in [-0.39, 0.29) is 18.5 Å². The van der Waals surface area contributed by atoms with Crippen LogP contribution in [-0.4, -0.2) is 47.4 Å². The minimum Gasteiger partial charge on any atom is -0.466 e. The number of amides is 1. The number of allylic oxidation sites excluding steroid dienone is 1. The highest BCUT2D eigenvalue weighted by molar-refractivity contribution is 5.76. The van der Waals surface area contributed by atoms with E-state index in [9.17, 15) is 19.8 Å². The molecule has 0 radical (unpaired) electrons. The van der Waals surface area contributed by atoms with Crippen LogP contribution in [0.3, 0.4) is 0 Å². The summed E-state index contributed by atoms with van der Waals surface area (Å²) < 4.78 is 5.50. The molecule has 0 rings (SSSR count). The third kappa shape index (κ3) is 55.9. The van der Waals surface area contributed by atoms with Gasteiger partial charge in [-0.2, -0.15) is 0 Å². The summed E-state index contributed by atoms with van der Waals surface area (Å²) in [5.41, 5.74) is 0. The Hall–Kier alpha value is -1.40. The van der Waals surface area contributed by atoms with Crippen LogP contribution >= 0.6 is 0 Å². The number of hydrogen-bond donors (Lipinski definition) is 3. The van der Waals surface area contributed by atoms with Crippen LogP contribution in [0.5, 0.6) is 0 Å². The Morgan fingerprint density at radius 3 is 0.971 bits per heavy atom. The van der Waals surface area contributed by atoms with E-state index in [2.05, 4.69) is 19.2 Å². The number of ether oxygens (including phenoxy) is 1. The first-order valence-corrected chi connectivity index (χ1v) is 32.0. The van der Waals surface area contributed by atoms with E-state index in [0.717, 1.165) is 38.5 Å². The maximum absolute atomic E-state index is 12.4. The third-order valence-electron chi connectivity index (χ3n) is 15.1. The molecule has 1 amide bonds. The number of unbranched alkanes of at least 4 members (excludes halogenated alkanes) is 49. The highest BCUT2D eigenvalue weighted by Gasteiger charge is 2.18. The van der Waals surface area contributed by atoms with Crippen LogP contribution in [0.1, 0.15) is 361 Å². The smallest absolute Gasteiger partial charge is 0.305 e. The second-order valence-electron chi connectivity index (χ2n) is 22.1. The SMILES string of the molecule is CCCCCCCCCCCCC/C=C/C(O)C(CO)NC(=O)CCCCCCCCCCCCCCCCCCCCCCCCOC(=O)CCCCCCCCCCCCCCCCCCCC. The standard InChI is InChI=1S/C64H125NO5/c1-3-5-7-9-11-13-15-17-18-19-27-30-34-38-42-46-50-54-58-64(69)70-59-55-51-47-43-39-35-31-28-25-23-21-20-22-24-26-29-33-37-41-45-49-53-57-63(68)65-61(60-66)62(67)56-52-48-44-40-36-32-16-14-12-10-8-6-4-2/h52,56,61-62,66-67H,3-51,53-55,57-60H2,1-2H3,(H,65,68)/b56-52+. The van der Waals surface area contributed by atoms with Gasteiger partial charge in [0, 0.05) is 12.8 Å². The van der Waals surface area contributed by atoms with Crippen LogP contribution in [-0.2, 0) is 14.3 Å². The molecule has 0 aromatic rings. The van der Waals surface area contributed by atoms with Crippen molar-refractivity contribution < 1.29 is 24.5 Å². The Kier molecular flexibility index (Phi) is 59.0. The number of carbonyl (C=O) groups is 2. The number of carbonyl (C=O) groups excluding carboxylic acids is 2. The van der Waals surface area contributed by atoms with E-state index in [1.807, 2.05) is 6.08 Å². The largest absolute Gasteiger partial charge is 0.466 e. The van der Waals surface area contributed by atoms with E-state index >= 15 is 0 Å². The highest BCUT2D eigenvalue weighted by Crippen LogP contribution is 2.18. The summed E-state index contributed by atoms with van der Waals surface area (Å²) in [6, 6.07) is -0.626. The molecule has 0 saturated carbocycles. The average Bonchev–Trinajstić information content (AvgIpc) is 3.36. The van der Waals surface area contributed by atoms with Crippen LogP contribution in [0.2, 0.25) is 0 Å². The van der Waals surface area contributed by atoms with Gasteiger partial charge in [-0.1, -0.05) is 328 Å². The zero-order valence-electron chi connectivity index (χ0n) is 47.5. The van der Waals surface area contributed by atoms with Gasteiger partial charge in [0.1, 0.15) is 0 Å². The Morgan fingerprint density at radius 1 is 0.386 bits per heavy atom. The van der Waals surface area contributed by atoms with Crippen molar-refractivity contribution >= 4 is 11.9 Å². The molecule has 70 heavy (non-hydrogen) atoms. The Bertz CT molecular complexity index is 1050. The van der Waals surface area contributed by atoms with Gasteiger partial charge in [0.15, 0.2) is 0 Å². The Morgan fingerprint density at radius 2 is 0.657 bits per heavy atom. The average molecular weight is 989 g/mol. The molecule has 0 aliphatic heterocycles. The molecule has 0 aromatic carbocycles. The van der Waals surface area contributed by atoms with Gasteiger partial charge in [-0.3, -0.25) is 9.59 Å². The van der Waals surface area contributed by atoms with Crippen molar-refractivity contribution in [3.63, 3.8) is 0 Å². The van der Waals surface area contributed by atoms with Crippen LogP contribution in [0.4, 0.5) is 0 Å². The van der Waals surface area contributed by atoms with Gasteiger partial charge < -0.3 is 20.3 Å². The summed E-state index contributed by atoms with van der Waals surface area (Å²) in [6.07, 6.45) is 72.6. The molecule has 0 heterocycles. The Balaban J connectivity index is 3.36. The summed E-state index contributed by atoms with van der Waals surface area (Å²) >= 11 is 0. The molecule has 0 fully saturated rings. The molecule has 0 aliphatic carbocycles. The van der Waals surface area contributed by atoms with Crippen LogP contribution in [0.15, 0.2) is 12.2 Å². The maximum Gasteiger partial charge on any atom is 0.305 e. The molecule has 6 heteroatoms. The quantitative estimate of drug-likeness (QED) is 0.0321. The van der Waals surface area contributed by atoms with Gasteiger partial charge in [0.2, 0.25) is 5.91 Å². The van der Waals surface area contributed by atoms with Crippen molar-refractivity contribution in [1.82, 2.24) is 5.32 Å². The fourth-order valence-corrected chi connectivity index (χ4v) is 10.2. The third-order valence-corrected chi connectivity index (χ3v) is 15.1. The predicted molar refractivity (Wildman–Crippen MR) is 306 cm³/mol. The summed E-state index contributed by atoms with van der Waals surface area (Å²) in [5, 5.41) is 23.1. The summed E-state index contributed by atoms with van der Waals surface area (Å²) in [4.78, 5) is 24.5. The summed E-state index contributed by atoms with van der Waals surface area (Å²) in [5.74, 6) is -0.0488. The number of nitrogens with one attached hydrogen (secondary N) is 1. The zero-order chi connectivity index (χ0) is 50.7. The lowest BCUT2D eigenvalue weighted by Gasteiger charge is -2.20. The first kappa shape index (κ1) is 68.6. The molecule has 3 N–H and O–H groups in total. The van der Waals surface area contributed by atoms with Crippen molar-refractivity contribution in [3.05, 3.63) is 12.2 Å². The predicted octanol–water partition coefficient (Wildman–Crippen LogP) is 20.0. The lowest BCUT2D eigenvalue weighted by atomic mass is 10.0. The highest BCUT2D eigenvalue weighted by atomic mass is 16.5. The second kappa shape index (κ2) is 60.2. The van der Waals surface area contributed by atoms with Crippen molar-refractivity contribution in [2.24, 2.45) is 0 Å². The minimum atomic E-state index is -0.843. The summed E-state index contributed by atoms with van der Waals surface area (Å²) in [6.45, 7) is 4.93. The second-order valence-corrected chi connectivity index (χ2v) is 22.1. The van der Waals surface area contributed by atoms with E-state index in [0.29, 0.717) is 19.4 Å². The zero-order valence-corrected chi connectivity index (χ0v) is 47.5. The first-order chi connectivity index (χ1) is 34.5. The Labute approximate surface area is 438 Å². The fraction of sp³-hybridized carbons (Fsp3) is 0.938. The molecule has 0 bridgehead atoms. The molecule has 0 spiro atoms. The van der Waals surface area contributed by atoms with Crippen LogP contribution in [0.25, 0.3) is 0 Å². The number of rotatable bonds is 60. The molecule has 6 nitrogen and oxygen atoms in total. The van der Waals surface area contributed by atoms with Crippen LogP contribution < -0.4 is 5.32 Å². The van der Waals surface area contributed by atoms with Crippen molar-refractivity contribution in [2.45, 2.75) is 373 Å². The molecule has 0 aromatic heterocycles. The molecule has 0 saturated heterocycles. The lowest BCUT2D eigenvalue weighted by Crippen LogP contribution is -2.45. The minimum absolute atomic E-state index is 0.0178. The van der Waals surface area contributed by atoms with Crippen molar-refractivity contribution in [1.29, 1.82) is 0 Å². The van der Waals surface area contributed by atoms with Gasteiger partial charge in [0.05, 0.1) is 25.4 Å². The number of aliphatic hydroxyl groups excluding tert-OH is 2. The molecule has 2 unspecified atom stereocenters. The van der Waals surface area contributed by atoms with E-state index < -0.39 is 12.1 Å². The van der Waals surface area contributed by atoms with Gasteiger partial charge in [-0.15, -0.1) is 0 Å². The monoisotopic (exact) mass is 988 g/mol. The number of hydrogen-bond acceptors (Lipinski definition) is 5. The van der Waals surface area contributed by atoms with Crippen molar-refractivity contribution in [3.8, 4) is 0 Å². The molecule has 0 aliphatic rings. The molecule has 2 atom stereocenters.